The van der Waals surface area contributed by atoms with E-state index in [1.807, 2.05) is 0 Å². The summed E-state index contributed by atoms with van der Waals surface area (Å²) in [6.07, 6.45) is 3.16. The van der Waals surface area contributed by atoms with Gasteiger partial charge in [-0.1, -0.05) is 6.08 Å². The van der Waals surface area contributed by atoms with Crippen molar-refractivity contribution in [1.29, 1.82) is 0 Å². The molecule has 0 saturated heterocycles. The summed E-state index contributed by atoms with van der Waals surface area (Å²) in [5.74, 6) is -0.604. The third-order valence-corrected chi connectivity index (χ3v) is 2.07. The van der Waals surface area contributed by atoms with E-state index in [9.17, 15) is 9.59 Å². The van der Waals surface area contributed by atoms with Crippen molar-refractivity contribution in [2.45, 2.75) is 0 Å². The van der Waals surface area contributed by atoms with Crippen LogP contribution in [-0.2, 0) is 4.79 Å². The lowest BCUT2D eigenvalue weighted by molar-refractivity contribution is -0.139. The van der Waals surface area contributed by atoms with Crippen molar-refractivity contribution >= 4 is 17.8 Å². The maximum absolute atomic E-state index is 11.2. The molecule has 4 nitrogen and oxygen atoms in total. The van der Waals surface area contributed by atoms with Crippen molar-refractivity contribution in [3.8, 4) is 5.75 Å². The van der Waals surface area contributed by atoms with Crippen LogP contribution in [0.5, 0.6) is 5.75 Å². The highest BCUT2D eigenvalue weighted by molar-refractivity contribution is 6.13. The Morgan fingerprint density at radius 2 is 2.13 bits per heavy atom. The molecular formula is C11H8O4. The molecule has 76 valence electrons. The molecule has 0 saturated carbocycles. The molecular weight excluding hydrogens is 196 g/mol. The Balaban J connectivity index is 2.19. The van der Waals surface area contributed by atoms with Crippen molar-refractivity contribution in [2.75, 3.05) is 6.61 Å². The molecule has 15 heavy (non-hydrogen) atoms. The number of carboxylic acid groups (broad SMARTS) is 1. The van der Waals surface area contributed by atoms with E-state index in [4.69, 9.17) is 9.84 Å². The fraction of sp³-hybridized carbons (Fsp3) is 0.0909. The van der Waals surface area contributed by atoms with Gasteiger partial charge in [-0.2, -0.15) is 0 Å². The minimum Gasteiger partial charge on any atom is -0.482 e. The quantitative estimate of drug-likeness (QED) is 0.807. The Bertz CT molecular complexity index is 460. The first-order valence-corrected chi connectivity index (χ1v) is 4.38. The molecule has 0 unspecified atom stereocenters. The fourth-order valence-electron chi connectivity index (χ4n) is 1.39. The topological polar surface area (TPSA) is 63.6 Å². The standard InChI is InChI=1S/C11H8O4/c12-10-4-1-7-5-8(2-3-9(7)10)15-6-11(13)14/h1-5H,6H2,(H,13,14). The van der Waals surface area contributed by atoms with E-state index >= 15 is 0 Å². The Hall–Kier alpha value is -2.10. The molecule has 0 spiro atoms. The van der Waals surface area contributed by atoms with Crippen LogP contribution in [0.2, 0.25) is 0 Å². The minimum atomic E-state index is -1.03. The van der Waals surface area contributed by atoms with Crippen molar-refractivity contribution in [2.24, 2.45) is 0 Å². The zero-order valence-corrected chi connectivity index (χ0v) is 7.77. The summed E-state index contributed by atoms with van der Waals surface area (Å²) >= 11 is 0. The normalized spacial score (nSPS) is 12.7. The average molecular weight is 204 g/mol. The van der Waals surface area contributed by atoms with Crippen LogP contribution in [0.3, 0.4) is 0 Å². The number of rotatable bonds is 3. The number of benzene rings is 1. The van der Waals surface area contributed by atoms with Gasteiger partial charge in [-0.15, -0.1) is 0 Å². The van der Waals surface area contributed by atoms with E-state index in [0.29, 0.717) is 11.3 Å². The molecule has 1 aliphatic rings. The summed E-state index contributed by atoms with van der Waals surface area (Å²) in [4.78, 5) is 21.5. The highest BCUT2D eigenvalue weighted by Gasteiger charge is 2.13. The Morgan fingerprint density at radius 1 is 1.33 bits per heavy atom. The highest BCUT2D eigenvalue weighted by Crippen LogP contribution is 2.24. The van der Waals surface area contributed by atoms with Gasteiger partial charge in [0.25, 0.3) is 0 Å². The Morgan fingerprint density at radius 3 is 2.87 bits per heavy atom. The molecule has 0 atom stereocenters. The molecule has 1 aromatic carbocycles. The number of ether oxygens (including phenoxy) is 1. The largest absolute Gasteiger partial charge is 0.482 e. The van der Waals surface area contributed by atoms with E-state index in [0.717, 1.165) is 5.56 Å². The van der Waals surface area contributed by atoms with Gasteiger partial charge in [0.15, 0.2) is 12.4 Å². The van der Waals surface area contributed by atoms with Crippen LogP contribution in [0.4, 0.5) is 0 Å². The molecule has 1 N–H and O–H groups in total. The summed E-state index contributed by atoms with van der Waals surface area (Å²) in [5, 5.41) is 8.42. The van der Waals surface area contributed by atoms with Crippen LogP contribution in [0.25, 0.3) is 6.08 Å². The lowest BCUT2D eigenvalue weighted by Crippen LogP contribution is -2.09. The number of allylic oxidation sites excluding steroid dienone is 1. The summed E-state index contributed by atoms with van der Waals surface area (Å²) in [6, 6.07) is 4.88. The monoisotopic (exact) mass is 204 g/mol. The Kier molecular flexibility index (Phi) is 2.25. The number of aliphatic carboxylic acids is 1. The summed E-state index contributed by atoms with van der Waals surface area (Å²) in [5.41, 5.74) is 1.39. The third-order valence-electron chi connectivity index (χ3n) is 2.07. The van der Waals surface area contributed by atoms with E-state index in [2.05, 4.69) is 0 Å². The van der Waals surface area contributed by atoms with Crippen molar-refractivity contribution in [3.05, 3.63) is 35.4 Å². The zero-order valence-electron chi connectivity index (χ0n) is 7.77. The van der Waals surface area contributed by atoms with Crippen LogP contribution < -0.4 is 4.74 Å². The van der Waals surface area contributed by atoms with E-state index < -0.39 is 5.97 Å². The predicted molar refractivity (Wildman–Crippen MR) is 52.9 cm³/mol. The minimum absolute atomic E-state index is 0.0326. The van der Waals surface area contributed by atoms with Gasteiger partial charge in [0.1, 0.15) is 5.75 Å². The van der Waals surface area contributed by atoms with E-state index in [-0.39, 0.29) is 12.4 Å². The highest BCUT2D eigenvalue weighted by atomic mass is 16.5. The number of hydrogen-bond donors (Lipinski definition) is 1. The Labute approximate surface area is 85.8 Å². The lowest BCUT2D eigenvalue weighted by atomic mass is 10.1. The summed E-state index contributed by atoms with van der Waals surface area (Å²) in [6.45, 7) is -0.379. The van der Waals surface area contributed by atoms with Crippen molar-refractivity contribution in [1.82, 2.24) is 0 Å². The van der Waals surface area contributed by atoms with Crippen LogP contribution in [0, 0.1) is 0 Å². The summed E-state index contributed by atoms with van der Waals surface area (Å²) < 4.78 is 4.98. The van der Waals surface area contributed by atoms with Crippen molar-refractivity contribution < 1.29 is 19.4 Å². The van der Waals surface area contributed by atoms with Gasteiger partial charge in [-0.25, -0.2) is 4.79 Å². The van der Waals surface area contributed by atoms with Gasteiger partial charge < -0.3 is 9.84 Å². The lowest BCUT2D eigenvalue weighted by Gasteiger charge is -2.04. The van der Waals surface area contributed by atoms with Crippen LogP contribution >= 0.6 is 0 Å². The zero-order chi connectivity index (χ0) is 10.8. The number of hydrogen-bond acceptors (Lipinski definition) is 3. The SMILES string of the molecule is O=C(O)COc1ccc2c(c1)C=CC2=O. The molecule has 0 bridgehead atoms. The first-order valence-electron chi connectivity index (χ1n) is 4.38. The van der Waals surface area contributed by atoms with Crippen LogP contribution in [0.15, 0.2) is 24.3 Å². The number of carbonyl (C=O) groups is 2. The second kappa shape index (κ2) is 3.57. The van der Waals surface area contributed by atoms with Gasteiger partial charge >= 0.3 is 5.97 Å². The molecule has 1 aliphatic carbocycles. The van der Waals surface area contributed by atoms with Crippen molar-refractivity contribution in [3.63, 3.8) is 0 Å². The summed E-state index contributed by atoms with van der Waals surface area (Å²) in [7, 11) is 0. The smallest absolute Gasteiger partial charge is 0.341 e. The number of carboxylic acids is 1. The second-order valence-electron chi connectivity index (χ2n) is 3.13. The number of carbonyl (C=O) groups excluding carboxylic acids is 1. The number of fused-ring (bicyclic) bond motifs is 1. The maximum atomic E-state index is 11.2. The van der Waals surface area contributed by atoms with Gasteiger partial charge in [-0.3, -0.25) is 4.79 Å². The third kappa shape index (κ3) is 1.88. The molecule has 0 aliphatic heterocycles. The fourth-order valence-corrected chi connectivity index (χ4v) is 1.39. The first-order chi connectivity index (χ1) is 7.16. The van der Waals surface area contributed by atoms with Gasteiger partial charge in [0.05, 0.1) is 0 Å². The number of ketones is 1. The molecule has 0 fully saturated rings. The maximum Gasteiger partial charge on any atom is 0.341 e. The van der Waals surface area contributed by atoms with Gasteiger partial charge in [0, 0.05) is 5.56 Å². The molecule has 0 heterocycles. The van der Waals surface area contributed by atoms with Crippen LogP contribution in [-0.4, -0.2) is 23.5 Å². The van der Waals surface area contributed by atoms with Crippen LogP contribution in [0.1, 0.15) is 15.9 Å². The molecule has 1 aromatic rings. The molecule has 4 heteroatoms. The van der Waals surface area contributed by atoms with Gasteiger partial charge in [-0.05, 0) is 29.8 Å². The van der Waals surface area contributed by atoms with E-state index in [1.165, 1.54) is 6.08 Å². The molecule has 0 radical (unpaired) electrons. The molecule has 0 amide bonds. The molecule has 2 rings (SSSR count). The average Bonchev–Trinajstić information content (AvgIpc) is 2.57. The predicted octanol–water partition coefficient (Wildman–Crippen LogP) is 1.36. The first kappa shape index (κ1) is 9.45. The van der Waals surface area contributed by atoms with E-state index in [1.54, 1.807) is 24.3 Å². The van der Waals surface area contributed by atoms with Gasteiger partial charge in [0.2, 0.25) is 0 Å². The molecule has 0 aromatic heterocycles. The second-order valence-corrected chi connectivity index (χ2v) is 3.13.